The van der Waals surface area contributed by atoms with Gasteiger partial charge in [-0.3, -0.25) is 14.4 Å². The summed E-state index contributed by atoms with van der Waals surface area (Å²) in [5, 5.41) is 2.89. The first-order valence-electron chi connectivity index (χ1n) is 11.6. The lowest BCUT2D eigenvalue weighted by molar-refractivity contribution is -0.130. The Labute approximate surface area is 208 Å². The van der Waals surface area contributed by atoms with Gasteiger partial charge in [-0.1, -0.05) is 30.3 Å². The van der Waals surface area contributed by atoms with Crippen molar-refractivity contribution in [1.82, 2.24) is 14.8 Å². The minimum atomic E-state index is -0.431. The molecule has 0 spiro atoms. The molecule has 0 saturated carbocycles. The fraction of sp³-hybridized carbons (Fsp3) is 0.296. The molecule has 188 valence electrons. The number of hydrogen-bond acceptors (Lipinski definition) is 5. The highest BCUT2D eigenvalue weighted by Crippen LogP contribution is 2.23. The number of nitrogens with one attached hydrogen (secondary N) is 1. The molecule has 4 rings (SSSR count). The van der Waals surface area contributed by atoms with E-state index in [1.165, 1.54) is 23.8 Å². The van der Waals surface area contributed by atoms with Gasteiger partial charge >= 0.3 is 0 Å². The molecule has 1 aliphatic rings. The number of methoxy groups -OCH3 is 2. The summed E-state index contributed by atoms with van der Waals surface area (Å²) in [5.74, 6) is -0.193. The molecule has 0 saturated heterocycles. The maximum Gasteiger partial charge on any atom is 0.257 e. The summed E-state index contributed by atoms with van der Waals surface area (Å²) in [7, 11) is 2.98. The van der Waals surface area contributed by atoms with Crippen LogP contribution in [0.5, 0.6) is 11.5 Å². The van der Waals surface area contributed by atoms with Gasteiger partial charge < -0.3 is 24.3 Å². The lowest BCUT2D eigenvalue weighted by Crippen LogP contribution is -2.35. The van der Waals surface area contributed by atoms with Gasteiger partial charge in [-0.2, -0.15) is 0 Å². The Bertz CT molecular complexity index is 1340. The van der Waals surface area contributed by atoms with Crippen LogP contribution < -0.4 is 20.3 Å². The minimum Gasteiger partial charge on any atom is -0.497 e. The van der Waals surface area contributed by atoms with Crippen LogP contribution in [0.4, 0.5) is 4.39 Å². The lowest BCUT2D eigenvalue weighted by Gasteiger charge is -2.20. The van der Waals surface area contributed by atoms with Gasteiger partial charge in [-0.15, -0.1) is 0 Å². The molecule has 2 aromatic carbocycles. The first kappa shape index (κ1) is 25.0. The Morgan fingerprint density at radius 1 is 1.00 bits per heavy atom. The molecule has 0 unspecified atom stereocenters. The molecule has 36 heavy (non-hydrogen) atoms. The second-order valence-electron chi connectivity index (χ2n) is 8.46. The van der Waals surface area contributed by atoms with Gasteiger partial charge in [-0.05, 0) is 29.3 Å². The van der Waals surface area contributed by atoms with Crippen molar-refractivity contribution in [3.05, 3.63) is 93.2 Å². The first-order valence-corrected chi connectivity index (χ1v) is 11.6. The largest absolute Gasteiger partial charge is 0.497 e. The number of aromatic nitrogens is 1. The van der Waals surface area contributed by atoms with Crippen molar-refractivity contribution in [2.24, 2.45) is 0 Å². The van der Waals surface area contributed by atoms with E-state index in [4.69, 9.17) is 9.47 Å². The fourth-order valence-electron chi connectivity index (χ4n) is 4.37. The highest BCUT2D eigenvalue weighted by atomic mass is 19.1. The summed E-state index contributed by atoms with van der Waals surface area (Å²) in [5.41, 5.74) is 1.63. The number of fused-ring (bicyclic) bond motifs is 1. The Hall–Kier alpha value is -4.14. The second kappa shape index (κ2) is 11.1. The zero-order valence-corrected chi connectivity index (χ0v) is 20.3. The summed E-state index contributed by atoms with van der Waals surface area (Å²) in [6.07, 6.45) is 0.201. The summed E-state index contributed by atoms with van der Waals surface area (Å²) in [6.45, 7) is 1.04. The van der Waals surface area contributed by atoms with Crippen LogP contribution in [0.3, 0.4) is 0 Å². The van der Waals surface area contributed by atoms with E-state index in [2.05, 4.69) is 5.32 Å². The van der Waals surface area contributed by atoms with Crippen LogP contribution in [0.15, 0.2) is 59.4 Å². The molecular weight excluding hydrogens is 465 g/mol. The molecule has 0 atom stereocenters. The van der Waals surface area contributed by atoms with Gasteiger partial charge in [0, 0.05) is 44.4 Å². The molecule has 0 radical (unpaired) electrons. The van der Waals surface area contributed by atoms with Crippen molar-refractivity contribution >= 4 is 11.8 Å². The fourth-order valence-corrected chi connectivity index (χ4v) is 4.37. The number of nitrogens with zero attached hydrogens (tertiary/aromatic N) is 2. The number of rotatable bonds is 7. The third kappa shape index (κ3) is 5.40. The number of carbonyl (C=O) groups excluding carboxylic acids is 2. The lowest BCUT2D eigenvalue weighted by atomic mass is 10.1. The van der Waals surface area contributed by atoms with Gasteiger partial charge in [0.05, 0.1) is 20.6 Å². The van der Waals surface area contributed by atoms with Crippen molar-refractivity contribution in [2.45, 2.75) is 25.9 Å². The van der Waals surface area contributed by atoms with Crippen LogP contribution >= 0.6 is 0 Å². The molecule has 0 aliphatic carbocycles. The number of pyridine rings is 1. The standard InChI is InChI=1S/C27H28FN3O5/c1-35-20-8-5-6-18(14-20)17-29-27(34)26-22-10-11-30(12-13-31(22)25(33)16-23(26)36-2)24(32)15-19-7-3-4-9-21(19)28/h3-9,14,16H,10-13,15,17H2,1-2H3,(H,29,34). The first-order chi connectivity index (χ1) is 17.4. The van der Waals surface area contributed by atoms with E-state index in [-0.39, 0.29) is 67.7 Å². The molecule has 1 aromatic heterocycles. The monoisotopic (exact) mass is 493 g/mol. The number of halogens is 1. The summed E-state index contributed by atoms with van der Waals surface area (Å²) >= 11 is 0. The highest BCUT2D eigenvalue weighted by Gasteiger charge is 2.27. The SMILES string of the molecule is COc1cccc(CNC(=O)c2c(OC)cc(=O)n3c2CCN(C(=O)Cc2ccccc2F)CC3)c1. The van der Waals surface area contributed by atoms with Crippen LogP contribution in [0.1, 0.15) is 27.2 Å². The van der Waals surface area contributed by atoms with Gasteiger partial charge in [0.25, 0.3) is 11.5 Å². The topological polar surface area (TPSA) is 89.9 Å². The second-order valence-corrected chi connectivity index (χ2v) is 8.46. The van der Waals surface area contributed by atoms with E-state index in [9.17, 15) is 18.8 Å². The summed E-state index contributed by atoms with van der Waals surface area (Å²) < 4.78 is 26.2. The quantitative estimate of drug-likeness (QED) is 0.547. The maximum atomic E-state index is 14.0. The van der Waals surface area contributed by atoms with Gasteiger partial charge in [0.1, 0.15) is 22.9 Å². The number of ether oxygens (including phenoxy) is 2. The van der Waals surface area contributed by atoms with E-state index < -0.39 is 5.82 Å². The zero-order valence-electron chi connectivity index (χ0n) is 20.3. The van der Waals surface area contributed by atoms with Crippen LogP contribution in [0.25, 0.3) is 0 Å². The average molecular weight is 494 g/mol. The van der Waals surface area contributed by atoms with Crippen molar-refractivity contribution in [3.8, 4) is 11.5 Å². The number of hydrogen-bond donors (Lipinski definition) is 1. The van der Waals surface area contributed by atoms with E-state index in [0.717, 1.165) is 5.56 Å². The van der Waals surface area contributed by atoms with E-state index >= 15 is 0 Å². The van der Waals surface area contributed by atoms with E-state index in [1.807, 2.05) is 24.3 Å². The van der Waals surface area contributed by atoms with Gasteiger partial charge in [0.15, 0.2) is 0 Å². The Balaban J connectivity index is 1.55. The Morgan fingerprint density at radius 3 is 2.56 bits per heavy atom. The highest BCUT2D eigenvalue weighted by molar-refractivity contribution is 5.98. The van der Waals surface area contributed by atoms with Crippen molar-refractivity contribution in [1.29, 1.82) is 0 Å². The molecule has 1 aliphatic heterocycles. The summed E-state index contributed by atoms with van der Waals surface area (Å²) in [6, 6.07) is 14.8. The smallest absolute Gasteiger partial charge is 0.257 e. The number of carbonyl (C=O) groups is 2. The molecule has 1 N–H and O–H groups in total. The van der Waals surface area contributed by atoms with E-state index in [0.29, 0.717) is 17.0 Å². The molecule has 0 fully saturated rings. The maximum absolute atomic E-state index is 14.0. The molecular formula is C27H28FN3O5. The zero-order chi connectivity index (χ0) is 25.7. The summed E-state index contributed by atoms with van der Waals surface area (Å²) in [4.78, 5) is 40.6. The predicted octanol–water partition coefficient (Wildman–Crippen LogP) is 2.56. The number of benzene rings is 2. The van der Waals surface area contributed by atoms with Crippen molar-refractivity contribution in [2.75, 3.05) is 27.3 Å². The average Bonchev–Trinajstić information content (AvgIpc) is 3.12. The van der Waals surface area contributed by atoms with Crippen molar-refractivity contribution < 1.29 is 23.5 Å². The van der Waals surface area contributed by atoms with Gasteiger partial charge in [0.2, 0.25) is 5.91 Å². The Morgan fingerprint density at radius 2 is 1.81 bits per heavy atom. The minimum absolute atomic E-state index is 0.0743. The molecule has 2 heterocycles. The van der Waals surface area contributed by atoms with Crippen LogP contribution in [-0.2, 0) is 30.7 Å². The molecule has 3 aromatic rings. The van der Waals surface area contributed by atoms with Crippen LogP contribution in [0, 0.1) is 5.82 Å². The van der Waals surface area contributed by atoms with Crippen molar-refractivity contribution in [3.63, 3.8) is 0 Å². The normalized spacial score (nSPS) is 12.9. The molecule has 2 amide bonds. The third-order valence-electron chi connectivity index (χ3n) is 6.28. The van der Waals surface area contributed by atoms with E-state index in [1.54, 1.807) is 30.2 Å². The number of amides is 2. The third-order valence-corrected chi connectivity index (χ3v) is 6.28. The van der Waals surface area contributed by atoms with Crippen LogP contribution in [0.2, 0.25) is 0 Å². The van der Waals surface area contributed by atoms with Crippen LogP contribution in [-0.4, -0.2) is 48.6 Å². The predicted molar refractivity (Wildman–Crippen MR) is 132 cm³/mol. The molecule has 9 heteroatoms. The molecule has 0 bridgehead atoms. The molecule has 8 nitrogen and oxygen atoms in total. The van der Waals surface area contributed by atoms with Gasteiger partial charge in [-0.25, -0.2) is 4.39 Å². The Kier molecular flexibility index (Phi) is 7.68.